The lowest BCUT2D eigenvalue weighted by Gasteiger charge is -2.13. The summed E-state index contributed by atoms with van der Waals surface area (Å²) < 4.78 is 4.01. The van der Waals surface area contributed by atoms with Crippen molar-refractivity contribution in [1.29, 1.82) is 0 Å². The Morgan fingerprint density at radius 3 is 2.16 bits per heavy atom. The average molecular weight is 424 g/mol. The summed E-state index contributed by atoms with van der Waals surface area (Å²) in [6.07, 6.45) is 1.99. The van der Waals surface area contributed by atoms with Crippen LogP contribution >= 0.6 is 0 Å². The van der Waals surface area contributed by atoms with Gasteiger partial charge in [0, 0.05) is 11.9 Å². The number of nitrogens with one attached hydrogen (secondary N) is 1. The van der Waals surface area contributed by atoms with Gasteiger partial charge in [-0.1, -0.05) is 30.3 Å². The van der Waals surface area contributed by atoms with Crippen LogP contribution in [0.25, 0.3) is 28.0 Å². The zero-order valence-electron chi connectivity index (χ0n) is 17.6. The van der Waals surface area contributed by atoms with Crippen LogP contribution in [0.15, 0.2) is 93.4 Å². The van der Waals surface area contributed by atoms with Crippen molar-refractivity contribution in [1.82, 2.24) is 18.7 Å². The predicted octanol–water partition coefficient (Wildman–Crippen LogP) is 3.24. The van der Waals surface area contributed by atoms with Gasteiger partial charge in [0.2, 0.25) is 0 Å². The highest BCUT2D eigenvalue weighted by Gasteiger charge is 2.15. The summed E-state index contributed by atoms with van der Waals surface area (Å²) in [6.45, 7) is 3.79. The van der Waals surface area contributed by atoms with Gasteiger partial charge >= 0.3 is 17.1 Å². The van der Waals surface area contributed by atoms with Crippen LogP contribution in [0, 0.1) is 13.8 Å². The Balaban J connectivity index is 1.69. The van der Waals surface area contributed by atoms with E-state index in [2.05, 4.69) is 9.55 Å². The van der Waals surface area contributed by atoms with Crippen molar-refractivity contribution in [2.24, 2.45) is 0 Å². The van der Waals surface area contributed by atoms with Gasteiger partial charge in [0.05, 0.1) is 16.9 Å². The molecule has 0 aliphatic carbocycles. The summed E-state index contributed by atoms with van der Waals surface area (Å²) in [5, 5.41) is 1.12. The van der Waals surface area contributed by atoms with E-state index in [1.54, 1.807) is 30.3 Å². The fraction of sp³-hybridized carbons (Fsp3) is 0.0800. The summed E-state index contributed by atoms with van der Waals surface area (Å²) in [6, 6.07) is 22.4. The Bertz CT molecular complexity index is 1670. The van der Waals surface area contributed by atoms with Gasteiger partial charge in [0.15, 0.2) is 0 Å². The van der Waals surface area contributed by atoms with Gasteiger partial charge in [-0.25, -0.2) is 23.5 Å². The van der Waals surface area contributed by atoms with Crippen LogP contribution in [0.1, 0.15) is 11.1 Å². The molecule has 5 rings (SSSR count). The third-order valence-corrected chi connectivity index (χ3v) is 5.56. The van der Waals surface area contributed by atoms with E-state index < -0.39 is 17.1 Å². The van der Waals surface area contributed by atoms with E-state index in [1.807, 2.05) is 62.5 Å². The molecule has 0 aliphatic rings. The van der Waals surface area contributed by atoms with Gasteiger partial charge in [0.25, 0.3) is 0 Å². The van der Waals surface area contributed by atoms with E-state index in [4.69, 9.17) is 0 Å². The maximum absolute atomic E-state index is 13.2. The van der Waals surface area contributed by atoms with E-state index in [1.165, 1.54) is 0 Å². The van der Waals surface area contributed by atoms with Crippen molar-refractivity contribution in [2.45, 2.75) is 13.8 Å². The second-order valence-electron chi connectivity index (χ2n) is 7.74. The second kappa shape index (κ2) is 7.39. The van der Waals surface area contributed by atoms with Crippen molar-refractivity contribution < 1.29 is 0 Å². The minimum absolute atomic E-state index is 0.385. The second-order valence-corrected chi connectivity index (χ2v) is 7.74. The Hall–Kier alpha value is -4.39. The van der Waals surface area contributed by atoms with E-state index in [0.717, 1.165) is 36.9 Å². The first-order chi connectivity index (χ1) is 15.4. The normalized spacial score (nSPS) is 11.2. The molecule has 5 aromatic rings. The highest BCUT2D eigenvalue weighted by molar-refractivity contribution is 5.82. The molecule has 7 heteroatoms. The molecule has 0 unspecified atom stereocenters. The molecule has 0 fully saturated rings. The zero-order valence-corrected chi connectivity index (χ0v) is 17.6. The number of aromatic nitrogens is 4. The Morgan fingerprint density at radius 1 is 0.719 bits per heavy atom. The van der Waals surface area contributed by atoms with Crippen LogP contribution in [0.3, 0.4) is 0 Å². The molecule has 32 heavy (non-hydrogen) atoms. The van der Waals surface area contributed by atoms with Crippen molar-refractivity contribution in [2.75, 3.05) is 0 Å². The Labute approximate surface area is 182 Å². The molecular formula is C25H20N4O3. The van der Waals surface area contributed by atoms with Gasteiger partial charge < -0.3 is 4.57 Å². The number of benzene rings is 3. The van der Waals surface area contributed by atoms with Crippen molar-refractivity contribution >= 4 is 10.9 Å². The van der Waals surface area contributed by atoms with Crippen LogP contribution < -0.4 is 17.1 Å². The number of nitrogens with zero attached hydrogens (tertiary/aromatic N) is 3. The molecular weight excluding hydrogens is 404 g/mol. The van der Waals surface area contributed by atoms with Crippen molar-refractivity contribution in [3.05, 3.63) is 122 Å². The lowest BCUT2D eigenvalue weighted by atomic mass is 10.1. The monoisotopic (exact) mass is 424 g/mol. The van der Waals surface area contributed by atoms with E-state index in [-0.39, 0.29) is 0 Å². The fourth-order valence-electron chi connectivity index (χ4n) is 4.04. The number of hydrogen-bond donors (Lipinski definition) is 1. The number of hydrogen-bond acceptors (Lipinski definition) is 3. The summed E-state index contributed by atoms with van der Waals surface area (Å²) in [4.78, 5) is 40.5. The molecule has 3 aromatic carbocycles. The highest BCUT2D eigenvalue weighted by Crippen LogP contribution is 2.23. The molecule has 0 aliphatic heterocycles. The number of rotatable bonds is 3. The molecule has 1 N–H and O–H groups in total. The maximum atomic E-state index is 13.2. The third-order valence-electron chi connectivity index (χ3n) is 5.56. The first-order valence-corrected chi connectivity index (χ1v) is 10.2. The predicted molar refractivity (Wildman–Crippen MR) is 125 cm³/mol. The SMILES string of the molecule is Cc1cccc(-n2c(=O)[nH]c(=O)n(-c3ccc(-n4ccc5ccccc54)c(C)c3)c2=O)c1. The number of para-hydroxylation sites is 1. The zero-order chi connectivity index (χ0) is 22.4. The number of aromatic amines is 1. The Kier molecular flexibility index (Phi) is 4.52. The van der Waals surface area contributed by atoms with Crippen LogP contribution in [-0.2, 0) is 0 Å². The van der Waals surface area contributed by atoms with Crippen LogP contribution in [0.5, 0.6) is 0 Å². The summed E-state index contributed by atoms with van der Waals surface area (Å²) in [7, 11) is 0. The standard InChI is InChI=1S/C25H20N4O3/c1-16-6-5-8-19(14-16)28-23(30)26-24(31)29(25(28)32)20-10-11-21(17(2)15-20)27-13-12-18-7-3-4-9-22(18)27/h3-15H,1-2H3,(H,26,30,31). The lowest BCUT2D eigenvalue weighted by molar-refractivity contribution is 0.714. The van der Waals surface area contributed by atoms with Crippen molar-refractivity contribution in [3.63, 3.8) is 0 Å². The highest BCUT2D eigenvalue weighted by atomic mass is 16.2. The van der Waals surface area contributed by atoms with Crippen molar-refractivity contribution in [3.8, 4) is 17.1 Å². The molecule has 0 saturated carbocycles. The van der Waals surface area contributed by atoms with Gasteiger partial charge in [-0.15, -0.1) is 0 Å². The molecule has 0 spiro atoms. The third kappa shape index (κ3) is 3.11. The summed E-state index contributed by atoms with van der Waals surface area (Å²) in [5.74, 6) is 0. The molecule has 0 bridgehead atoms. The lowest BCUT2D eigenvalue weighted by Crippen LogP contribution is -2.48. The maximum Gasteiger partial charge on any atom is 0.345 e. The number of aryl methyl sites for hydroxylation is 2. The smallest absolute Gasteiger partial charge is 0.316 e. The molecule has 2 heterocycles. The summed E-state index contributed by atoms with van der Waals surface area (Å²) in [5.41, 5.74) is 2.29. The van der Waals surface area contributed by atoms with E-state index in [9.17, 15) is 14.4 Å². The molecule has 0 atom stereocenters. The number of fused-ring (bicyclic) bond motifs is 1. The van der Waals surface area contributed by atoms with Crippen LogP contribution in [0.2, 0.25) is 0 Å². The van der Waals surface area contributed by atoms with Gasteiger partial charge in [-0.3, -0.25) is 4.98 Å². The van der Waals surface area contributed by atoms with Gasteiger partial charge in [0.1, 0.15) is 0 Å². The van der Waals surface area contributed by atoms with Gasteiger partial charge in [-0.05, 0) is 72.8 Å². The average Bonchev–Trinajstić information content (AvgIpc) is 3.17. The quantitative estimate of drug-likeness (QED) is 0.483. The first kappa shape index (κ1) is 19.6. The number of H-pyrrole nitrogens is 1. The molecule has 0 saturated heterocycles. The molecule has 0 radical (unpaired) electrons. The molecule has 7 nitrogen and oxygen atoms in total. The van der Waals surface area contributed by atoms with E-state index >= 15 is 0 Å². The molecule has 2 aromatic heterocycles. The topological polar surface area (TPSA) is 81.8 Å². The Morgan fingerprint density at radius 2 is 1.44 bits per heavy atom. The minimum atomic E-state index is -0.775. The minimum Gasteiger partial charge on any atom is -0.316 e. The van der Waals surface area contributed by atoms with Crippen LogP contribution in [0.4, 0.5) is 0 Å². The first-order valence-electron chi connectivity index (χ1n) is 10.2. The fourth-order valence-corrected chi connectivity index (χ4v) is 4.04. The van der Waals surface area contributed by atoms with Gasteiger partial charge in [-0.2, -0.15) is 0 Å². The largest absolute Gasteiger partial charge is 0.345 e. The van der Waals surface area contributed by atoms with E-state index in [0.29, 0.717) is 11.4 Å². The van der Waals surface area contributed by atoms with Crippen LogP contribution in [-0.4, -0.2) is 18.7 Å². The molecule has 0 amide bonds. The molecule has 158 valence electrons. The summed E-state index contributed by atoms with van der Waals surface area (Å²) >= 11 is 0.